The minimum atomic E-state index is -2.85. The molecule has 0 aliphatic carbocycles. The molecule has 4 nitrogen and oxygen atoms in total. The molecule has 0 bridgehead atoms. The third kappa shape index (κ3) is 4.80. The number of rotatable bonds is 6. The monoisotopic (exact) mass is 306 g/mol. The van der Waals surface area contributed by atoms with Crippen molar-refractivity contribution in [3.8, 4) is 5.75 Å². The van der Waals surface area contributed by atoms with E-state index < -0.39 is 6.61 Å². The van der Waals surface area contributed by atoms with E-state index in [4.69, 9.17) is 0 Å². The number of hydrogen-bond donors (Lipinski definition) is 1. The predicted molar refractivity (Wildman–Crippen MR) is 77.6 cm³/mol. The molecule has 0 radical (unpaired) electrons. The van der Waals surface area contributed by atoms with E-state index in [1.807, 2.05) is 19.1 Å². The highest BCUT2D eigenvalue weighted by atomic mass is 19.3. The van der Waals surface area contributed by atoms with E-state index in [-0.39, 0.29) is 24.1 Å². The summed E-state index contributed by atoms with van der Waals surface area (Å²) >= 11 is 0. The lowest BCUT2D eigenvalue weighted by Crippen LogP contribution is -2.28. The first kappa shape index (κ1) is 15.9. The Morgan fingerprint density at radius 3 is 2.41 bits per heavy atom. The van der Waals surface area contributed by atoms with Crippen molar-refractivity contribution >= 4 is 5.91 Å². The van der Waals surface area contributed by atoms with Crippen molar-refractivity contribution in [3.63, 3.8) is 0 Å². The number of benzene rings is 1. The number of amides is 1. The molecule has 0 saturated carbocycles. The van der Waals surface area contributed by atoms with Crippen LogP contribution < -0.4 is 10.1 Å². The molecule has 0 aliphatic heterocycles. The van der Waals surface area contributed by atoms with Crippen molar-refractivity contribution in [1.82, 2.24) is 10.3 Å². The van der Waals surface area contributed by atoms with E-state index in [0.29, 0.717) is 0 Å². The predicted octanol–water partition coefficient (Wildman–Crippen LogP) is 3.10. The van der Waals surface area contributed by atoms with Gasteiger partial charge in [-0.3, -0.25) is 9.78 Å². The lowest BCUT2D eigenvalue weighted by atomic mass is 10.1. The fraction of sp³-hybridized carbons (Fsp3) is 0.250. The maximum absolute atomic E-state index is 12.0. The minimum Gasteiger partial charge on any atom is -0.435 e. The molecule has 0 saturated heterocycles. The summed E-state index contributed by atoms with van der Waals surface area (Å²) in [6.07, 6.45) is 3.50. The van der Waals surface area contributed by atoms with Crippen molar-refractivity contribution in [2.45, 2.75) is 26.0 Å². The summed E-state index contributed by atoms with van der Waals surface area (Å²) in [4.78, 5) is 15.9. The molecule has 1 unspecified atom stereocenters. The minimum absolute atomic E-state index is 0.0734. The lowest BCUT2D eigenvalue weighted by molar-refractivity contribution is -0.121. The van der Waals surface area contributed by atoms with E-state index in [2.05, 4.69) is 15.0 Å². The van der Waals surface area contributed by atoms with Gasteiger partial charge in [-0.25, -0.2) is 0 Å². The van der Waals surface area contributed by atoms with Gasteiger partial charge in [0, 0.05) is 12.4 Å². The van der Waals surface area contributed by atoms with E-state index in [0.717, 1.165) is 11.1 Å². The first-order valence-electron chi connectivity index (χ1n) is 6.77. The highest BCUT2D eigenvalue weighted by Crippen LogP contribution is 2.16. The Morgan fingerprint density at radius 2 is 1.82 bits per heavy atom. The van der Waals surface area contributed by atoms with E-state index >= 15 is 0 Å². The maximum Gasteiger partial charge on any atom is 0.387 e. The number of alkyl halides is 2. The third-order valence-electron chi connectivity index (χ3n) is 3.10. The highest BCUT2D eigenvalue weighted by molar-refractivity contribution is 5.79. The number of ether oxygens (including phenoxy) is 1. The molecule has 0 aliphatic rings. The molecule has 1 atom stereocenters. The van der Waals surface area contributed by atoms with Crippen LogP contribution in [0.5, 0.6) is 5.75 Å². The van der Waals surface area contributed by atoms with Gasteiger partial charge in [0.05, 0.1) is 12.5 Å². The van der Waals surface area contributed by atoms with E-state index in [1.165, 1.54) is 12.1 Å². The fourth-order valence-corrected chi connectivity index (χ4v) is 2.00. The number of hydrogen-bond acceptors (Lipinski definition) is 3. The molecule has 6 heteroatoms. The summed E-state index contributed by atoms with van der Waals surface area (Å²) in [7, 11) is 0. The molecule has 22 heavy (non-hydrogen) atoms. The molecule has 2 rings (SSSR count). The van der Waals surface area contributed by atoms with Gasteiger partial charge in [0.25, 0.3) is 0 Å². The van der Waals surface area contributed by atoms with Gasteiger partial charge < -0.3 is 10.1 Å². The van der Waals surface area contributed by atoms with Crippen molar-refractivity contribution in [3.05, 3.63) is 59.9 Å². The van der Waals surface area contributed by atoms with Crippen molar-refractivity contribution in [2.75, 3.05) is 0 Å². The molecule has 2 aromatic rings. The van der Waals surface area contributed by atoms with Gasteiger partial charge in [0.15, 0.2) is 0 Å². The van der Waals surface area contributed by atoms with Gasteiger partial charge in [0.2, 0.25) is 5.91 Å². The molecule has 1 heterocycles. The summed E-state index contributed by atoms with van der Waals surface area (Å²) in [5.74, 6) is -0.0730. The van der Waals surface area contributed by atoms with Crippen LogP contribution in [0.1, 0.15) is 24.1 Å². The van der Waals surface area contributed by atoms with Crippen LogP contribution in [0.3, 0.4) is 0 Å². The van der Waals surface area contributed by atoms with Crippen LogP contribution in [-0.2, 0) is 11.2 Å². The van der Waals surface area contributed by atoms with Crippen LogP contribution in [0.25, 0.3) is 0 Å². The molecule has 0 fully saturated rings. The number of carbonyl (C=O) groups excluding carboxylic acids is 1. The van der Waals surface area contributed by atoms with Gasteiger partial charge >= 0.3 is 6.61 Å². The van der Waals surface area contributed by atoms with Crippen LogP contribution in [-0.4, -0.2) is 17.5 Å². The molecule has 1 aromatic carbocycles. The quantitative estimate of drug-likeness (QED) is 0.892. The van der Waals surface area contributed by atoms with Crippen molar-refractivity contribution in [1.29, 1.82) is 0 Å². The smallest absolute Gasteiger partial charge is 0.387 e. The zero-order valence-corrected chi connectivity index (χ0v) is 12.0. The van der Waals surface area contributed by atoms with Crippen molar-refractivity contribution < 1.29 is 18.3 Å². The zero-order chi connectivity index (χ0) is 15.9. The number of halogens is 2. The topological polar surface area (TPSA) is 51.2 Å². The Bertz CT molecular complexity index is 603. The average molecular weight is 306 g/mol. The first-order valence-corrected chi connectivity index (χ1v) is 6.77. The molecule has 1 amide bonds. The molecule has 1 aromatic heterocycles. The van der Waals surface area contributed by atoms with Gasteiger partial charge in [-0.05, 0) is 42.3 Å². The molecule has 0 spiro atoms. The average Bonchev–Trinajstić information content (AvgIpc) is 2.49. The van der Waals surface area contributed by atoms with Gasteiger partial charge in [-0.1, -0.05) is 12.1 Å². The van der Waals surface area contributed by atoms with Crippen LogP contribution in [0.15, 0.2) is 48.8 Å². The Labute approximate surface area is 127 Å². The van der Waals surface area contributed by atoms with Crippen molar-refractivity contribution in [2.24, 2.45) is 0 Å². The summed E-state index contributed by atoms with van der Waals surface area (Å²) in [6.45, 7) is -0.970. The number of nitrogens with one attached hydrogen (secondary N) is 1. The number of aromatic nitrogens is 1. The second-order valence-corrected chi connectivity index (χ2v) is 4.77. The fourth-order valence-electron chi connectivity index (χ4n) is 2.00. The molecular weight excluding hydrogens is 290 g/mol. The van der Waals surface area contributed by atoms with Crippen LogP contribution in [0.4, 0.5) is 8.78 Å². The number of carbonyl (C=O) groups is 1. The Hall–Kier alpha value is -2.50. The van der Waals surface area contributed by atoms with E-state index in [9.17, 15) is 13.6 Å². The summed E-state index contributed by atoms with van der Waals surface area (Å²) in [6, 6.07) is 9.56. The van der Waals surface area contributed by atoms with Crippen LogP contribution >= 0.6 is 0 Å². The molecular formula is C16H16F2N2O2. The maximum atomic E-state index is 12.0. The second kappa shape index (κ2) is 7.49. The molecule has 116 valence electrons. The third-order valence-corrected chi connectivity index (χ3v) is 3.10. The summed E-state index contributed by atoms with van der Waals surface area (Å²) in [5.41, 5.74) is 1.69. The highest BCUT2D eigenvalue weighted by Gasteiger charge is 2.10. The van der Waals surface area contributed by atoms with Gasteiger partial charge in [-0.15, -0.1) is 0 Å². The largest absolute Gasteiger partial charge is 0.435 e. The Kier molecular flexibility index (Phi) is 5.41. The summed E-state index contributed by atoms with van der Waals surface area (Å²) in [5, 5.41) is 2.87. The van der Waals surface area contributed by atoms with Crippen LogP contribution in [0.2, 0.25) is 0 Å². The standard InChI is InChI=1S/C16H16F2N2O2/c1-11(13-6-8-19-9-7-13)20-15(21)10-12-2-4-14(5-3-12)22-16(17)18/h2-9,11,16H,10H2,1H3,(H,20,21). The SMILES string of the molecule is CC(NC(=O)Cc1ccc(OC(F)F)cc1)c1ccncc1. The molecule has 1 N–H and O–H groups in total. The zero-order valence-electron chi connectivity index (χ0n) is 12.0. The normalized spacial score (nSPS) is 12.0. The number of nitrogens with zero attached hydrogens (tertiary/aromatic N) is 1. The summed E-state index contributed by atoms with van der Waals surface area (Å²) < 4.78 is 28.3. The Morgan fingerprint density at radius 1 is 1.18 bits per heavy atom. The second-order valence-electron chi connectivity index (χ2n) is 4.77. The van der Waals surface area contributed by atoms with Crippen LogP contribution in [0, 0.1) is 0 Å². The lowest BCUT2D eigenvalue weighted by Gasteiger charge is -2.14. The van der Waals surface area contributed by atoms with Gasteiger partial charge in [-0.2, -0.15) is 8.78 Å². The number of pyridine rings is 1. The van der Waals surface area contributed by atoms with Gasteiger partial charge in [0.1, 0.15) is 5.75 Å². The first-order chi connectivity index (χ1) is 10.5. The Balaban J connectivity index is 1.89. The van der Waals surface area contributed by atoms with E-state index in [1.54, 1.807) is 24.5 Å².